The van der Waals surface area contributed by atoms with Gasteiger partial charge in [-0.3, -0.25) is 0 Å². The fourth-order valence-corrected chi connectivity index (χ4v) is 1.03. The summed E-state index contributed by atoms with van der Waals surface area (Å²) in [6.07, 6.45) is 1.90. The number of nitrogen functional groups attached to an aromatic ring is 1. The summed E-state index contributed by atoms with van der Waals surface area (Å²) in [5, 5.41) is 0. The van der Waals surface area contributed by atoms with E-state index in [1.54, 1.807) is 0 Å². The summed E-state index contributed by atoms with van der Waals surface area (Å²) in [6.45, 7) is -1.12. The highest BCUT2D eigenvalue weighted by Crippen LogP contribution is 2.21. The molecule has 0 aliphatic heterocycles. The van der Waals surface area contributed by atoms with Crippen LogP contribution in [0.3, 0.4) is 0 Å². The Labute approximate surface area is 98.0 Å². The van der Waals surface area contributed by atoms with Gasteiger partial charge in [0.25, 0.3) is 0 Å². The number of hydrogen-bond acceptors (Lipinski definition) is 4. The normalized spacial score (nSPS) is 11.8. The standard InChI is InChI=1S/C11H13F2N3O/c1-7(14)3-2-4-8-5-9(17-11(12)13)10(15)16-6-8/h5-7,11H,3,14H2,1H3,(H2,15,16)/t7-/m0/s1. The van der Waals surface area contributed by atoms with Crippen molar-refractivity contribution >= 4 is 5.82 Å². The Balaban J connectivity index is 2.83. The van der Waals surface area contributed by atoms with E-state index in [4.69, 9.17) is 11.5 Å². The summed E-state index contributed by atoms with van der Waals surface area (Å²) in [7, 11) is 0. The van der Waals surface area contributed by atoms with Crippen LogP contribution in [0, 0.1) is 11.8 Å². The Hall–Kier alpha value is -1.87. The molecule has 0 amide bonds. The largest absolute Gasteiger partial charge is 0.431 e. The molecule has 1 rings (SSSR count). The monoisotopic (exact) mass is 241 g/mol. The van der Waals surface area contributed by atoms with Gasteiger partial charge in [0.05, 0.1) is 0 Å². The number of halogens is 2. The van der Waals surface area contributed by atoms with Crippen molar-refractivity contribution in [3.8, 4) is 17.6 Å². The molecule has 1 atom stereocenters. The molecular weight excluding hydrogens is 228 g/mol. The number of nitrogens with two attached hydrogens (primary N) is 2. The van der Waals surface area contributed by atoms with E-state index in [1.165, 1.54) is 12.3 Å². The molecule has 0 saturated heterocycles. The predicted octanol–water partition coefficient (Wildman–Crippen LogP) is 1.35. The lowest BCUT2D eigenvalue weighted by atomic mass is 10.2. The highest BCUT2D eigenvalue weighted by atomic mass is 19.3. The molecule has 6 heteroatoms. The molecular formula is C11H13F2N3O. The van der Waals surface area contributed by atoms with E-state index in [2.05, 4.69) is 21.6 Å². The van der Waals surface area contributed by atoms with Crippen LogP contribution in [0.1, 0.15) is 18.9 Å². The van der Waals surface area contributed by atoms with Crippen molar-refractivity contribution < 1.29 is 13.5 Å². The maximum atomic E-state index is 12.0. The predicted molar refractivity (Wildman–Crippen MR) is 60.4 cm³/mol. The first-order chi connectivity index (χ1) is 7.99. The van der Waals surface area contributed by atoms with E-state index < -0.39 is 6.61 Å². The second kappa shape index (κ2) is 6.01. The van der Waals surface area contributed by atoms with Gasteiger partial charge in [0.1, 0.15) is 0 Å². The summed E-state index contributed by atoms with van der Waals surface area (Å²) < 4.78 is 28.3. The average molecular weight is 241 g/mol. The van der Waals surface area contributed by atoms with Gasteiger partial charge in [0, 0.05) is 30.3 Å². The summed E-state index contributed by atoms with van der Waals surface area (Å²) in [5.41, 5.74) is 11.3. The van der Waals surface area contributed by atoms with Gasteiger partial charge >= 0.3 is 6.61 Å². The minimum absolute atomic E-state index is 0.0407. The summed E-state index contributed by atoms with van der Waals surface area (Å²) in [4.78, 5) is 3.72. The van der Waals surface area contributed by atoms with Crippen molar-refractivity contribution in [1.82, 2.24) is 4.98 Å². The van der Waals surface area contributed by atoms with Crippen molar-refractivity contribution in [2.45, 2.75) is 26.0 Å². The Morgan fingerprint density at radius 3 is 2.82 bits per heavy atom. The molecule has 0 aliphatic carbocycles. The van der Waals surface area contributed by atoms with Gasteiger partial charge < -0.3 is 16.2 Å². The molecule has 0 spiro atoms. The topological polar surface area (TPSA) is 74.2 Å². The summed E-state index contributed by atoms with van der Waals surface area (Å²) >= 11 is 0. The van der Waals surface area contributed by atoms with Crippen LogP contribution < -0.4 is 16.2 Å². The van der Waals surface area contributed by atoms with E-state index in [1.807, 2.05) is 6.92 Å². The fraction of sp³-hybridized carbons (Fsp3) is 0.364. The number of aromatic nitrogens is 1. The molecule has 0 fully saturated rings. The Morgan fingerprint density at radius 1 is 1.53 bits per heavy atom. The molecule has 92 valence electrons. The summed E-state index contributed by atoms with van der Waals surface area (Å²) in [5.74, 6) is 5.28. The summed E-state index contributed by atoms with van der Waals surface area (Å²) in [6, 6.07) is 1.28. The van der Waals surface area contributed by atoms with Gasteiger partial charge in [-0.2, -0.15) is 8.78 Å². The number of hydrogen-bond donors (Lipinski definition) is 2. The van der Waals surface area contributed by atoms with E-state index in [9.17, 15) is 8.78 Å². The lowest BCUT2D eigenvalue weighted by Gasteiger charge is -2.06. The SMILES string of the molecule is C[C@H](N)CC#Cc1cnc(N)c(OC(F)F)c1. The fourth-order valence-electron chi connectivity index (χ4n) is 1.03. The zero-order chi connectivity index (χ0) is 12.8. The van der Waals surface area contributed by atoms with Crippen molar-refractivity contribution in [2.24, 2.45) is 5.73 Å². The van der Waals surface area contributed by atoms with Gasteiger partial charge in [-0.25, -0.2) is 4.98 Å². The Kier molecular flexibility index (Phi) is 4.67. The molecule has 0 saturated carbocycles. The van der Waals surface area contributed by atoms with Crippen molar-refractivity contribution in [3.05, 3.63) is 17.8 Å². The second-order valence-electron chi connectivity index (χ2n) is 3.47. The van der Waals surface area contributed by atoms with Crippen LogP contribution in [-0.4, -0.2) is 17.6 Å². The van der Waals surface area contributed by atoms with Crippen molar-refractivity contribution in [3.63, 3.8) is 0 Å². The first-order valence-corrected chi connectivity index (χ1v) is 4.94. The van der Waals surface area contributed by atoms with E-state index >= 15 is 0 Å². The number of alkyl halides is 2. The third kappa shape index (κ3) is 4.66. The highest BCUT2D eigenvalue weighted by Gasteiger charge is 2.09. The van der Waals surface area contributed by atoms with Crippen LogP contribution >= 0.6 is 0 Å². The smallest absolute Gasteiger partial charge is 0.387 e. The highest BCUT2D eigenvalue weighted by molar-refractivity contribution is 5.50. The molecule has 0 aromatic carbocycles. The number of pyridine rings is 1. The molecule has 0 aliphatic rings. The maximum Gasteiger partial charge on any atom is 0.387 e. The van der Waals surface area contributed by atoms with Gasteiger partial charge in [-0.05, 0) is 6.92 Å². The quantitative estimate of drug-likeness (QED) is 0.783. The van der Waals surface area contributed by atoms with Crippen LogP contribution in [0.4, 0.5) is 14.6 Å². The zero-order valence-electron chi connectivity index (χ0n) is 9.28. The van der Waals surface area contributed by atoms with E-state index in [0.717, 1.165) is 0 Å². The Bertz CT molecular complexity index is 438. The van der Waals surface area contributed by atoms with Gasteiger partial charge in [0.15, 0.2) is 11.6 Å². The Morgan fingerprint density at radius 2 is 2.24 bits per heavy atom. The van der Waals surface area contributed by atoms with E-state index in [0.29, 0.717) is 12.0 Å². The van der Waals surface area contributed by atoms with Gasteiger partial charge in [-0.1, -0.05) is 11.8 Å². The molecule has 1 aromatic heterocycles. The van der Waals surface area contributed by atoms with E-state index in [-0.39, 0.29) is 17.6 Å². The zero-order valence-corrected chi connectivity index (χ0v) is 9.28. The molecule has 0 radical (unpaired) electrons. The lowest BCUT2D eigenvalue weighted by Crippen LogP contribution is -2.12. The van der Waals surface area contributed by atoms with Gasteiger partial charge in [-0.15, -0.1) is 0 Å². The minimum atomic E-state index is -2.94. The van der Waals surface area contributed by atoms with Crippen LogP contribution in [0.25, 0.3) is 0 Å². The number of rotatable bonds is 3. The first-order valence-electron chi connectivity index (χ1n) is 4.94. The molecule has 0 bridgehead atoms. The van der Waals surface area contributed by atoms with Crippen molar-refractivity contribution in [2.75, 3.05) is 5.73 Å². The van der Waals surface area contributed by atoms with Crippen molar-refractivity contribution in [1.29, 1.82) is 0 Å². The number of anilines is 1. The van der Waals surface area contributed by atoms with Crippen LogP contribution in [0.2, 0.25) is 0 Å². The third-order valence-corrected chi connectivity index (χ3v) is 1.75. The van der Waals surface area contributed by atoms with Crippen LogP contribution in [-0.2, 0) is 0 Å². The molecule has 17 heavy (non-hydrogen) atoms. The molecule has 1 aromatic rings. The minimum Gasteiger partial charge on any atom is -0.431 e. The number of ether oxygens (including phenoxy) is 1. The molecule has 4 N–H and O–H groups in total. The molecule has 1 heterocycles. The third-order valence-electron chi connectivity index (χ3n) is 1.75. The van der Waals surface area contributed by atoms with Crippen LogP contribution in [0.15, 0.2) is 12.3 Å². The first kappa shape index (κ1) is 13.2. The van der Waals surface area contributed by atoms with Crippen LogP contribution in [0.5, 0.6) is 5.75 Å². The lowest BCUT2D eigenvalue weighted by molar-refractivity contribution is -0.0495. The maximum absolute atomic E-state index is 12.0. The average Bonchev–Trinajstić information content (AvgIpc) is 2.21. The molecule has 0 unspecified atom stereocenters. The number of nitrogens with zero attached hydrogens (tertiary/aromatic N) is 1. The van der Waals surface area contributed by atoms with Gasteiger partial charge in [0.2, 0.25) is 0 Å². The second-order valence-corrected chi connectivity index (χ2v) is 3.47. The molecule has 4 nitrogen and oxygen atoms in total.